The van der Waals surface area contributed by atoms with Gasteiger partial charge in [0.15, 0.2) is 5.03 Å². The summed E-state index contributed by atoms with van der Waals surface area (Å²) in [6, 6.07) is 0. The third-order valence-electron chi connectivity index (χ3n) is 4.67. The third-order valence-corrected chi connectivity index (χ3v) is 6.41. The zero-order chi connectivity index (χ0) is 17.0. The number of hydrogen-bond donors (Lipinski definition) is 0. The molecular weight excluding hydrogens is 312 g/mol. The predicted molar refractivity (Wildman–Crippen MR) is 91.8 cm³/mol. The smallest absolute Gasteiger partial charge is 0.262 e. The summed E-state index contributed by atoms with van der Waals surface area (Å²) in [5.41, 5.74) is 0. The second-order valence-corrected chi connectivity index (χ2v) is 8.79. The summed E-state index contributed by atoms with van der Waals surface area (Å²) in [5, 5.41) is 0.173. The Morgan fingerprint density at radius 2 is 1.87 bits per heavy atom. The first-order valence-electron chi connectivity index (χ1n) is 8.45. The Morgan fingerprint density at radius 1 is 1.22 bits per heavy atom. The van der Waals surface area contributed by atoms with Crippen molar-refractivity contribution in [3.05, 3.63) is 12.0 Å². The van der Waals surface area contributed by atoms with Crippen LogP contribution < -0.4 is 0 Å². The number of nitrogens with zero attached hydrogens (tertiary/aromatic N) is 4. The Kier molecular flexibility index (Phi) is 6.22. The fraction of sp³-hybridized carbons (Fsp3) is 0.812. The molecule has 1 aliphatic rings. The van der Waals surface area contributed by atoms with E-state index in [4.69, 9.17) is 0 Å². The summed E-state index contributed by atoms with van der Waals surface area (Å²) in [7, 11) is 2.24. The quantitative estimate of drug-likeness (QED) is 0.759. The van der Waals surface area contributed by atoms with Crippen LogP contribution in [0, 0.1) is 12.8 Å². The van der Waals surface area contributed by atoms with Crippen molar-refractivity contribution in [2.45, 2.75) is 44.1 Å². The average molecular weight is 343 g/mol. The number of rotatable bonds is 7. The lowest BCUT2D eigenvalue weighted by Crippen LogP contribution is -2.40. The van der Waals surface area contributed by atoms with E-state index in [0.29, 0.717) is 24.8 Å². The van der Waals surface area contributed by atoms with E-state index in [1.54, 1.807) is 15.1 Å². The van der Waals surface area contributed by atoms with Crippen molar-refractivity contribution in [2.24, 2.45) is 13.0 Å². The van der Waals surface area contributed by atoms with Crippen LogP contribution in [0.15, 0.2) is 11.2 Å². The van der Waals surface area contributed by atoms with E-state index in [9.17, 15) is 8.42 Å². The summed E-state index contributed by atoms with van der Waals surface area (Å²) < 4.78 is 29.4. The molecule has 1 saturated carbocycles. The SMILES string of the molecule is Cc1nc(S(=O)(=O)N(CCN(C)C)CC2CCCCC2)cn1C. The molecule has 2 rings (SSSR count). The first-order valence-corrected chi connectivity index (χ1v) is 9.89. The lowest BCUT2D eigenvalue weighted by Gasteiger charge is -2.29. The molecule has 0 spiro atoms. The zero-order valence-electron chi connectivity index (χ0n) is 14.8. The number of sulfonamides is 1. The van der Waals surface area contributed by atoms with Gasteiger partial charge >= 0.3 is 0 Å². The average Bonchev–Trinajstić information content (AvgIpc) is 2.84. The van der Waals surface area contributed by atoms with Crippen LogP contribution in [0.3, 0.4) is 0 Å². The minimum atomic E-state index is -3.52. The molecular formula is C16H30N4O2S. The van der Waals surface area contributed by atoms with Gasteiger partial charge in [0.1, 0.15) is 5.82 Å². The summed E-state index contributed by atoms with van der Waals surface area (Å²) in [6.07, 6.45) is 7.60. The molecule has 0 N–H and O–H groups in total. The molecule has 23 heavy (non-hydrogen) atoms. The molecule has 0 atom stereocenters. The van der Waals surface area contributed by atoms with Gasteiger partial charge < -0.3 is 9.47 Å². The highest BCUT2D eigenvalue weighted by Crippen LogP contribution is 2.26. The Morgan fingerprint density at radius 3 is 2.39 bits per heavy atom. The number of likely N-dealkylation sites (N-methyl/N-ethyl adjacent to an activating group) is 1. The molecule has 0 radical (unpaired) electrons. The minimum Gasteiger partial charge on any atom is -0.337 e. The molecule has 132 valence electrons. The minimum absolute atomic E-state index is 0.173. The third kappa shape index (κ3) is 4.78. The second kappa shape index (κ2) is 7.77. The van der Waals surface area contributed by atoms with Crippen molar-refractivity contribution >= 4 is 10.0 Å². The summed E-state index contributed by atoms with van der Waals surface area (Å²) in [5.74, 6) is 1.19. The van der Waals surface area contributed by atoms with E-state index in [1.165, 1.54) is 19.3 Å². The van der Waals surface area contributed by atoms with Crippen LogP contribution in [0.25, 0.3) is 0 Å². The molecule has 1 fully saturated rings. The number of aryl methyl sites for hydroxylation is 2. The van der Waals surface area contributed by atoms with E-state index >= 15 is 0 Å². The van der Waals surface area contributed by atoms with Crippen molar-refractivity contribution < 1.29 is 8.42 Å². The van der Waals surface area contributed by atoms with Gasteiger partial charge in [0.2, 0.25) is 0 Å². The molecule has 0 aliphatic heterocycles. The van der Waals surface area contributed by atoms with E-state index < -0.39 is 10.0 Å². The molecule has 0 bridgehead atoms. The molecule has 6 nitrogen and oxygen atoms in total. The van der Waals surface area contributed by atoms with Crippen molar-refractivity contribution in [2.75, 3.05) is 33.7 Å². The largest absolute Gasteiger partial charge is 0.337 e. The maximum atomic E-state index is 13.0. The number of imidazole rings is 1. The molecule has 0 amide bonds. The van der Waals surface area contributed by atoms with Crippen molar-refractivity contribution in [1.82, 2.24) is 18.8 Å². The maximum Gasteiger partial charge on any atom is 0.262 e. The maximum absolute atomic E-state index is 13.0. The van der Waals surface area contributed by atoms with Crippen LogP contribution in [0.4, 0.5) is 0 Å². The first-order chi connectivity index (χ1) is 10.8. The van der Waals surface area contributed by atoms with E-state index in [0.717, 1.165) is 19.4 Å². The standard InChI is InChI=1S/C16H30N4O2S/c1-14-17-16(13-19(14)4)23(21,22)20(11-10-18(2)3)12-15-8-6-5-7-9-15/h13,15H,5-12H2,1-4H3. The monoisotopic (exact) mass is 342 g/mol. The fourth-order valence-corrected chi connectivity index (χ4v) is 4.59. The molecule has 1 aliphatic carbocycles. The van der Waals surface area contributed by atoms with Gasteiger partial charge in [0, 0.05) is 32.9 Å². The summed E-state index contributed by atoms with van der Waals surface area (Å²) in [6.45, 7) is 3.68. The number of aromatic nitrogens is 2. The molecule has 0 unspecified atom stereocenters. The fourth-order valence-electron chi connectivity index (χ4n) is 3.06. The van der Waals surface area contributed by atoms with Crippen LogP contribution in [-0.4, -0.2) is 60.9 Å². The molecule has 0 saturated heterocycles. The lowest BCUT2D eigenvalue weighted by molar-refractivity contribution is 0.260. The molecule has 1 aromatic heterocycles. The summed E-state index contributed by atoms with van der Waals surface area (Å²) in [4.78, 5) is 6.26. The summed E-state index contributed by atoms with van der Waals surface area (Å²) >= 11 is 0. The van der Waals surface area contributed by atoms with Crippen LogP contribution in [0.1, 0.15) is 37.9 Å². The van der Waals surface area contributed by atoms with Crippen molar-refractivity contribution in [3.8, 4) is 0 Å². The predicted octanol–water partition coefficient (Wildman–Crippen LogP) is 1.86. The Balaban J connectivity index is 2.19. The van der Waals surface area contributed by atoms with E-state index in [-0.39, 0.29) is 5.03 Å². The zero-order valence-corrected chi connectivity index (χ0v) is 15.6. The van der Waals surface area contributed by atoms with Crippen LogP contribution in [0.2, 0.25) is 0 Å². The first kappa shape index (κ1) is 18.4. The van der Waals surface area contributed by atoms with Gasteiger partial charge in [-0.15, -0.1) is 0 Å². The van der Waals surface area contributed by atoms with Gasteiger partial charge in [-0.05, 0) is 39.8 Å². The Labute approximate surface area is 140 Å². The van der Waals surface area contributed by atoms with Gasteiger partial charge in [0.25, 0.3) is 10.0 Å². The van der Waals surface area contributed by atoms with Crippen LogP contribution in [0.5, 0.6) is 0 Å². The van der Waals surface area contributed by atoms with Gasteiger partial charge in [-0.3, -0.25) is 0 Å². The van der Waals surface area contributed by atoms with E-state index in [2.05, 4.69) is 4.98 Å². The highest BCUT2D eigenvalue weighted by molar-refractivity contribution is 7.89. The Hall–Kier alpha value is -0.920. The Bertz CT molecular complexity index is 584. The van der Waals surface area contributed by atoms with E-state index in [1.807, 2.05) is 33.0 Å². The molecule has 0 aromatic carbocycles. The van der Waals surface area contributed by atoms with Gasteiger partial charge in [-0.25, -0.2) is 13.4 Å². The van der Waals surface area contributed by atoms with Gasteiger partial charge in [-0.2, -0.15) is 4.31 Å². The highest BCUT2D eigenvalue weighted by atomic mass is 32.2. The van der Waals surface area contributed by atoms with Crippen LogP contribution in [-0.2, 0) is 17.1 Å². The van der Waals surface area contributed by atoms with Gasteiger partial charge in [-0.1, -0.05) is 19.3 Å². The number of hydrogen-bond acceptors (Lipinski definition) is 4. The normalized spacial score (nSPS) is 17.3. The lowest BCUT2D eigenvalue weighted by atomic mass is 9.89. The molecule has 7 heteroatoms. The molecule has 1 heterocycles. The second-order valence-electron chi connectivity index (χ2n) is 6.91. The van der Waals surface area contributed by atoms with Crippen molar-refractivity contribution in [1.29, 1.82) is 0 Å². The van der Waals surface area contributed by atoms with Crippen molar-refractivity contribution in [3.63, 3.8) is 0 Å². The topological polar surface area (TPSA) is 58.4 Å². The van der Waals surface area contributed by atoms with Gasteiger partial charge in [0.05, 0.1) is 0 Å². The highest BCUT2D eigenvalue weighted by Gasteiger charge is 2.30. The molecule has 1 aromatic rings. The van der Waals surface area contributed by atoms with Crippen LogP contribution >= 0.6 is 0 Å².